The minimum atomic E-state index is 0.820. The highest BCUT2D eigenvalue weighted by Crippen LogP contribution is 2.12. The first-order chi connectivity index (χ1) is 8.78. The molecule has 2 aromatic rings. The predicted molar refractivity (Wildman–Crippen MR) is 75.5 cm³/mol. The van der Waals surface area contributed by atoms with Crippen LogP contribution in [0.15, 0.2) is 35.2 Å². The molecule has 1 N–H and O–H groups in total. The summed E-state index contributed by atoms with van der Waals surface area (Å²) >= 11 is 3.39. The summed E-state index contributed by atoms with van der Waals surface area (Å²) in [5.41, 5.74) is 1.27. The molecule has 0 saturated heterocycles. The van der Waals surface area contributed by atoms with Gasteiger partial charge in [0, 0.05) is 31.4 Å². The number of hydrogen-bond acceptors (Lipinski definition) is 4. The van der Waals surface area contributed by atoms with E-state index >= 15 is 0 Å². The van der Waals surface area contributed by atoms with Crippen LogP contribution in [-0.2, 0) is 12.8 Å². The molecule has 0 unspecified atom stereocenters. The molecule has 0 amide bonds. The van der Waals surface area contributed by atoms with E-state index in [4.69, 9.17) is 0 Å². The molecule has 4 nitrogen and oxygen atoms in total. The van der Waals surface area contributed by atoms with Gasteiger partial charge in [-0.05, 0) is 40.0 Å². The highest BCUT2D eigenvalue weighted by Gasteiger charge is 2.01. The van der Waals surface area contributed by atoms with Crippen molar-refractivity contribution in [2.24, 2.45) is 0 Å². The smallest absolute Gasteiger partial charge is 0.131 e. The van der Waals surface area contributed by atoms with Crippen LogP contribution in [0.3, 0.4) is 0 Å². The summed E-state index contributed by atoms with van der Waals surface area (Å²) in [5.74, 6) is 1.71. The molecule has 0 spiro atoms. The van der Waals surface area contributed by atoms with Crippen molar-refractivity contribution in [3.8, 4) is 0 Å². The molecule has 0 atom stereocenters. The molecule has 0 fully saturated rings. The number of nitrogens with zero attached hydrogens (tertiary/aromatic N) is 3. The molecule has 0 radical (unpaired) electrons. The van der Waals surface area contributed by atoms with E-state index in [2.05, 4.69) is 36.2 Å². The minimum absolute atomic E-state index is 0.820. The van der Waals surface area contributed by atoms with Crippen LogP contribution in [0.1, 0.15) is 18.3 Å². The van der Waals surface area contributed by atoms with Crippen LogP contribution in [0.5, 0.6) is 0 Å². The topological polar surface area (TPSA) is 50.7 Å². The molecule has 94 valence electrons. The first-order valence-corrected chi connectivity index (χ1v) is 6.73. The second-order valence-corrected chi connectivity index (χ2v) is 4.69. The highest BCUT2D eigenvalue weighted by atomic mass is 79.9. The lowest BCUT2D eigenvalue weighted by molar-refractivity contribution is 0.915. The van der Waals surface area contributed by atoms with Crippen LogP contribution in [0.4, 0.5) is 5.82 Å². The number of rotatable bonds is 5. The van der Waals surface area contributed by atoms with Gasteiger partial charge in [-0.15, -0.1) is 0 Å². The minimum Gasteiger partial charge on any atom is -0.370 e. The molecule has 0 aliphatic carbocycles. The van der Waals surface area contributed by atoms with Gasteiger partial charge in [0.25, 0.3) is 0 Å². The third-order valence-corrected chi connectivity index (χ3v) is 2.93. The number of aryl methyl sites for hydroxylation is 1. The van der Waals surface area contributed by atoms with Gasteiger partial charge in [-0.1, -0.05) is 6.92 Å². The van der Waals surface area contributed by atoms with E-state index in [1.807, 2.05) is 37.5 Å². The van der Waals surface area contributed by atoms with Gasteiger partial charge in [0.1, 0.15) is 16.2 Å². The molecule has 2 aromatic heterocycles. The Bertz CT molecular complexity index is 502. The second-order valence-electron chi connectivity index (χ2n) is 3.88. The Hall–Kier alpha value is -1.49. The summed E-state index contributed by atoms with van der Waals surface area (Å²) in [4.78, 5) is 12.7. The number of anilines is 1. The standard InChI is InChI=1S/C13H15BrN4/c1-2-12-17-11(14)9-13(18-12)16-8-5-10-3-6-15-7-4-10/h3-4,6-7,9H,2,5,8H2,1H3,(H,16,17,18). The van der Waals surface area contributed by atoms with E-state index in [1.165, 1.54) is 5.56 Å². The van der Waals surface area contributed by atoms with Crippen LogP contribution >= 0.6 is 15.9 Å². The Morgan fingerprint density at radius 2 is 2.00 bits per heavy atom. The average Bonchev–Trinajstić information content (AvgIpc) is 2.39. The third-order valence-electron chi connectivity index (χ3n) is 2.53. The summed E-state index contributed by atoms with van der Waals surface area (Å²) in [7, 11) is 0. The maximum absolute atomic E-state index is 4.42. The van der Waals surface area contributed by atoms with Gasteiger partial charge in [-0.3, -0.25) is 4.98 Å². The molecule has 0 bridgehead atoms. The van der Waals surface area contributed by atoms with Gasteiger partial charge in [0.05, 0.1) is 0 Å². The fourth-order valence-corrected chi connectivity index (χ4v) is 2.02. The van der Waals surface area contributed by atoms with Gasteiger partial charge in [-0.2, -0.15) is 0 Å². The quantitative estimate of drug-likeness (QED) is 0.863. The van der Waals surface area contributed by atoms with Crippen LogP contribution in [0, 0.1) is 0 Å². The average molecular weight is 307 g/mol. The zero-order valence-electron chi connectivity index (χ0n) is 10.2. The van der Waals surface area contributed by atoms with E-state index in [0.717, 1.165) is 35.6 Å². The molecule has 0 saturated carbocycles. The number of nitrogens with one attached hydrogen (secondary N) is 1. The number of halogens is 1. The van der Waals surface area contributed by atoms with Crippen molar-refractivity contribution in [3.63, 3.8) is 0 Å². The van der Waals surface area contributed by atoms with Gasteiger partial charge in [-0.25, -0.2) is 9.97 Å². The Morgan fingerprint density at radius 3 is 2.72 bits per heavy atom. The summed E-state index contributed by atoms with van der Waals surface area (Å²) in [6.45, 7) is 2.89. The molecule has 5 heteroatoms. The van der Waals surface area contributed by atoms with Crippen molar-refractivity contribution in [2.45, 2.75) is 19.8 Å². The second kappa shape index (κ2) is 6.44. The monoisotopic (exact) mass is 306 g/mol. The van der Waals surface area contributed by atoms with Crippen molar-refractivity contribution in [2.75, 3.05) is 11.9 Å². The lowest BCUT2D eigenvalue weighted by Crippen LogP contribution is -2.08. The van der Waals surface area contributed by atoms with Gasteiger partial charge in [0.2, 0.25) is 0 Å². The van der Waals surface area contributed by atoms with Gasteiger partial charge >= 0.3 is 0 Å². The van der Waals surface area contributed by atoms with E-state index in [-0.39, 0.29) is 0 Å². The SMILES string of the molecule is CCc1nc(Br)cc(NCCc2ccncc2)n1. The molecule has 0 aliphatic heterocycles. The summed E-state index contributed by atoms with van der Waals surface area (Å²) in [5, 5.41) is 3.31. The van der Waals surface area contributed by atoms with E-state index in [9.17, 15) is 0 Å². The molecule has 2 heterocycles. The van der Waals surface area contributed by atoms with Crippen LogP contribution in [0.2, 0.25) is 0 Å². The first-order valence-electron chi connectivity index (χ1n) is 5.94. The molecule has 18 heavy (non-hydrogen) atoms. The maximum Gasteiger partial charge on any atom is 0.131 e. The van der Waals surface area contributed by atoms with Crippen LogP contribution in [-0.4, -0.2) is 21.5 Å². The maximum atomic E-state index is 4.42. The largest absolute Gasteiger partial charge is 0.370 e. The predicted octanol–water partition coefficient (Wildman–Crippen LogP) is 2.85. The molecule has 0 aliphatic rings. The Labute approximate surface area is 115 Å². The van der Waals surface area contributed by atoms with E-state index in [0.29, 0.717) is 0 Å². The van der Waals surface area contributed by atoms with Gasteiger partial charge in [0.15, 0.2) is 0 Å². The van der Waals surface area contributed by atoms with Crippen molar-refractivity contribution in [1.82, 2.24) is 15.0 Å². The van der Waals surface area contributed by atoms with Crippen LogP contribution < -0.4 is 5.32 Å². The third kappa shape index (κ3) is 3.77. The van der Waals surface area contributed by atoms with E-state index in [1.54, 1.807) is 0 Å². The summed E-state index contributed by atoms with van der Waals surface area (Å²) < 4.78 is 0.820. The van der Waals surface area contributed by atoms with Crippen molar-refractivity contribution in [1.29, 1.82) is 0 Å². The zero-order chi connectivity index (χ0) is 12.8. The first kappa shape index (κ1) is 13.0. The summed E-state index contributed by atoms with van der Waals surface area (Å²) in [6.07, 6.45) is 5.40. The fraction of sp³-hybridized carbons (Fsp3) is 0.308. The number of hydrogen-bond donors (Lipinski definition) is 1. The highest BCUT2D eigenvalue weighted by molar-refractivity contribution is 9.10. The molecule has 2 rings (SSSR count). The lowest BCUT2D eigenvalue weighted by atomic mass is 10.2. The zero-order valence-corrected chi connectivity index (χ0v) is 11.8. The number of pyridine rings is 1. The molecular formula is C13H15BrN4. The Balaban J connectivity index is 1.92. The molecular weight excluding hydrogens is 292 g/mol. The van der Waals surface area contributed by atoms with E-state index < -0.39 is 0 Å². The van der Waals surface area contributed by atoms with Crippen molar-refractivity contribution in [3.05, 3.63) is 46.6 Å². The van der Waals surface area contributed by atoms with Crippen molar-refractivity contribution < 1.29 is 0 Å². The normalized spacial score (nSPS) is 10.3. The van der Waals surface area contributed by atoms with Crippen molar-refractivity contribution >= 4 is 21.7 Å². The molecule has 0 aromatic carbocycles. The lowest BCUT2D eigenvalue weighted by Gasteiger charge is -2.07. The Morgan fingerprint density at radius 1 is 1.22 bits per heavy atom. The van der Waals surface area contributed by atoms with Gasteiger partial charge < -0.3 is 5.32 Å². The summed E-state index contributed by atoms with van der Waals surface area (Å²) in [6, 6.07) is 5.94. The number of aromatic nitrogens is 3. The fourth-order valence-electron chi connectivity index (χ4n) is 1.60. The van der Waals surface area contributed by atoms with Crippen LogP contribution in [0.25, 0.3) is 0 Å². The Kier molecular flexibility index (Phi) is 4.64.